The molecular formula is C17H20FNO. The second-order valence-corrected chi connectivity index (χ2v) is 5.22. The van der Waals surface area contributed by atoms with Gasteiger partial charge in [0.15, 0.2) is 0 Å². The highest BCUT2D eigenvalue weighted by atomic mass is 19.1. The van der Waals surface area contributed by atoms with E-state index >= 15 is 0 Å². The van der Waals surface area contributed by atoms with Crippen molar-refractivity contribution in [2.45, 2.75) is 26.5 Å². The quantitative estimate of drug-likeness (QED) is 0.915. The van der Waals surface area contributed by atoms with Gasteiger partial charge in [-0.15, -0.1) is 0 Å². The van der Waals surface area contributed by atoms with Crippen molar-refractivity contribution in [3.63, 3.8) is 0 Å². The molecule has 0 fully saturated rings. The molecular weight excluding hydrogens is 253 g/mol. The first kappa shape index (κ1) is 14.5. The smallest absolute Gasteiger partial charge is 0.123 e. The summed E-state index contributed by atoms with van der Waals surface area (Å²) in [7, 11) is 1.95. The summed E-state index contributed by atoms with van der Waals surface area (Å²) in [4.78, 5) is 2.02. The molecule has 1 unspecified atom stereocenters. The fourth-order valence-corrected chi connectivity index (χ4v) is 2.38. The van der Waals surface area contributed by atoms with Crippen LogP contribution in [0.2, 0.25) is 0 Å². The molecule has 0 amide bonds. The maximum Gasteiger partial charge on any atom is 0.123 e. The Kier molecular flexibility index (Phi) is 4.40. The molecule has 2 rings (SSSR count). The van der Waals surface area contributed by atoms with E-state index in [1.165, 1.54) is 23.3 Å². The minimum Gasteiger partial charge on any atom is -0.389 e. The molecule has 3 heteroatoms. The number of anilines is 1. The van der Waals surface area contributed by atoms with Crippen LogP contribution in [0.4, 0.5) is 10.1 Å². The summed E-state index contributed by atoms with van der Waals surface area (Å²) in [5, 5.41) is 9.79. The first-order valence-electron chi connectivity index (χ1n) is 6.71. The summed E-state index contributed by atoms with van der Waals surface area (Å²) in [5.41, 5.74) is 3.86. The van der Waals surface area contributed by atoms with Crippen molar-refractivity contribution in [3.05, 3.63) is 65.0 Å². The van der Waals surface area contributed by atoms with Gasteiger partial charge in [-0.2, -0.15) is 0 Å². The van der Waals surface area contributed by atoms with Crippen LogP contribution in [0.25, 0.3) is 0 Å². The largest absolute Gasteiger partial charge is 0.389 e. The second-order valence-electron chi connectivity index (χ2n) is 5.22. The number of aryl methyl sites for hydroxylation is 1. The first-order valence-corrected chi connectivity index (χ1v) is 6.71. The minimum absolute atomic E-state index is 0.325. The fourth-order valence-electron chi connectivity index (χ4n) is 2.38. The summed E-state index contributed by atoms with van der Waals surface area (Å²) >= 11 is 0. The lowest BCUT2D eigenvalue weighted by Crippen LogP contribution is -2.18. The van der Waals surface area contributed by atoms with Gasteiger partial charge in [-0.1, -0.05) is 29.8 Å². The number of benzene rings is 2. The zero-order chi connectivity index (χ0) is 14.7. The van der Waals surface area contributed by atoms with Gasteiger partial charge in [0.1, 0.15) is 5.82 Å². The molecule has 0 saturated heterocycles. The molecule has 20 heavy (non-hydrogen) atoms. The van der Waals surface area contributed by atoms with Crippen LogP contribution in [-0.2, 0) is 6.54 Å². The van der Waals surface area contributed by atoms with Crippen LogP contribution < -0.4 is 4.90 Å². The molecule has 2 aromatic rings. The number of rotatable bonds is 4. The number of aliphatic hydroxyl groups is 1. The molecule has 0 bridgehead atoms. The predicted octanol–water partition coefficient (Wildman–Crippen LogP) is 3.82. The molecule has 0 radical (unpaired) electrons. The van der Waals surface area contributed by atoms with Gasteiger partial charge < -0.3 is 10.0 Å². The fraction of sp³-hybridized carbons (Fsp3) is 0.294. The van der Waals surface area contributed by atoms with Crippen LogP contribution in [-0.4, -0.2) is 12.2 Å². The minimum atomic E-state index is -0.694. The Morgan fingerprint density at radius 1 is 1.20 bits per heavy atom. The molecule has 0 aliphatic heterocycles. The lowest BCUT2D eigenvalue weighted by atomic mass is 10.1. The van der Waals surface area contributed by atoms with Crippen LogP contribution in [0.1, 0.15) is 29.7 Å². The van der Waals surface area contributed by atoms with Crippen molar-refractivity contribution in [3.8, 4) is 0 Å². The Morgan fingerprint density at radius 3 is 2.60 bits per heavy atom. The molecule has 2 aromatic carbocycles. The van der Waals surface area contributed by atoms with Crippen LogP contribution in [0.5, 0.6) is 0 Å². The second kappa shape index (κ2) is 6.06. The van der Waals surface area contributed by atoms with Crippen molar-refractivity contribution in [1.82, 2.24) is 0 Å². The number of aliphatic hydroxyl groups excluding tert-OH is 1. The topological polar surface area (TPSA) is 23.5 Å². The third kappa shape index (κ3) is 3.36. The van der Waals surface area contributed by atoms with Crippen molar-refractivity contribution in [2.75, 3.05) is 11.9 Å². The predicted molar refractivity (Wildman–Crippen MR) is 80.3 cm³/mol. The molecule has 106 valence electrons. The molecule has 0 heterocycles. The molecule has 0 saturated carbocycles. The van der Waals surface area contributed by atoms with E-state index in [0.717, 1.165) is 5.69 Å². The Hall–Kier alpha value is -1.87. The first-order chi connectivity index (χ1) is 9.47. The summed E-state index contributed by atoms with van der Waals surface area (Å²) in [6.07, 6.45) is -0.694. The summed E-state index contributed by atoms with van der Waals surface area (Å²) < 4.78 is 13.3. The Bertz CT molecular complexity index is 595. The lowest BCUT2D eigenvalue weighted by Gasteiger charge is -2.24. The van der Waals surface area contributed by atoms with Gasteiger partial charge in [-0.25, -0.2) is 4.39 Å². The highest BCUT2D eigenvalue weighted by molar-refractivity contribution is 5.54. The number of nitrogens with zero attached hydrogens (tertiary/aromatic N) is 1. The van der Waals surface area contributed by atoms with E-state index in [2.05, 4.69) is 25.1 Å². The molecule has 0 spiro atoms. The standard InChI is InChI=1S/C17H20FNO/c1-12-5-4-6-14(9-12)11-19(3)17-8-7-15(18)10-16(17)13(2)20/h4-10,13,20H,11H2,1-3H3. The molecule has 0 aliphatic carbocycles. The van der Waals surface area contributed by atoms with Crippen molar-refractivity contribution >= 4 is 5.69 Å². The van der Waals surface area contributed by atoms with E-state index in [4.69, 9.17) is 0 Å². The third-order valence-corrected chi connectivity index (χ3v) is 3.35. The van der Waals surface area contributed by atoms with Gasteiger partial charge in [-0.3, -0.25) is 0 Å². The maximum absolute atomic E-state index is 13.3. The average Bonchev–Trinajstić information content (AvgIpc) is 2.38. The van der Waals surface area contributed by atoms with E-state index < -0.39 is 6.10 Å². The third-order valence-electron chi connectivity index (χ3n) is 3.35. The lowest BCUT2D eigenvalue weighted by molar-refractivity contribution is 0.199. The van der Waals surface area contributed by atoms with Gasteiger partial charge >= 0.3 is 0 Å². The van der Waals surface area contributed by atoms with E-state index in [-0.39, 0.29) is 5.82 Å². The van der Waals surface area contributed by atoms with Crippen molar-refractivity contribution in [2.24, 2.45) is 0 Å². The van der Waals surface area contributed by atoms with Crippen LogP contribution in [0.3, 0.4) is 0 Å². The van der Waals surface area contributed by atoms with E-state index in [0.29, 0.717) is 12.1 Å². The summed E-state index contributed by atoms with van der Waals surface area (Å²) in [6.45, 7) is 4.43. The SMILES string of the molecule is Cc1cccc(CN(C)c2ccc(F)cc2C(C)O)c1. The Labute approximate surface area is 119 Å². The molecule has 1 atom stereocenters. The Morgan fingerprint density at radius 2 is 1.95 bits per heavy atom. The number of hydrogen-bond acceptors (Lipinski definition) is 2. The molecule has 0 aromatic heterocycles. The van der Waals surface area contributed by atoms with Crippen LogP contribution in [0, 0.1) is 12.7 Å². The van der Waals surface area contributed by atoms with E-state index in [1.807, 2.05) is 18.0 Å². The summed E-state index contributed by atoms with van der Waals surface area (Å²) in [5.74, 6) is -0.325. The van der Waals surface area contributed by atoms with Gasteiger partial charge in [0, 0.05) is 24.8 Å². The van der Waals surface area contributed by atoms with Crippen LogP contribution >= 0.6 is 0 Å². The normalized spacial score (nSPS) is 12.2. The maximum atomic E-state index is 13.3. The molecule has 2 nitrogen and oxygen atoms in total. The number of halogens is 1. The van der Waals surface area contributed by atoms with Crippen LogP contribution in [0.15, 0.2) is 42.5 Å². The number of hydrogen-bond donors (Lipinski definition) is 1. The highest BCUT2D eigenvalue weighted by Crippen LogP contribution is 2.27. The summed E-state index contributed by atoms with van der Waals surface area (Å²) in [6, 6.07) is 12.8. The monoisotopic (exact) mass is 273 g/mol. The van der Waals surface area contributed by atoms with Gasteiger partial charge in [0.25, 0.3) is 0 Å². The van der Waals surface area contributed by atoms with Crippen molar-refractivity contribution in [1.29, 1.82) is 0 Å². The van der Waals surface area contributed by atoms with Crippen molar-refractivity contribution < 1.29 is 9.50 Å². The highest BCUT2D eigenvalue weighted by Gasteiger charge is 2.13. The zero-order valence-corrected chi connectivity index (χ0v) is 12.1. The molecule has 0 aliphatic rings. The molecule has 1 N–H and O–H groups in total. The van der Waals surface area contributed by atoms with Gasteiger partial charge in [0.2, 0.25) is 0 Å². The van der Waals surface area contributed by atoms with Gasteiger partial charge in [-0.05, 0) is 37.6 Å². The van der Waals surface area contributed by atoms with E-state index in [9.17, 15) is 9.50 Å². The Balaban J connectivity index is 2.27. The zero-order valence-electron chi connectivity index (χ0n) is 12.1. The van der Waals surface area contributed by atoms with Gasteiger partial charge in [0.05, 0.1) is 6.10 Å². The van der Waals surface area contributed by atoms with E-state index in [1.54, 1.807) is 13.0 Å². The average molecular weight is 273 g/mol.